The Morgan fingerprint density at radius 3 is 2.37 bits per heavy atom. The monoisotopic (exact) mass is 716 g/mol. The summed E-state index contributed by atoms with van der Waals surface area (Å²) in [6.07, 6.45) is 10.8. The Labute approximate surface area is 269 Å². The third-order valence-corrected chi connectivity index (χ3v) is 8.41. The van der Waals surface area contributed by atoms with Crippen LogP contribution in [0.25, 0.3) is 0 Å². The minimum Gasteiger partial charge on any atom is -0.493 e. The summed E-state index contributed by atoms with van der Waals surface area (Å²) in [6.45, 7) is 2.58. The lowest BCUT2D eigenvalue weighted by Crippen LogP contribution is -2.55. The number of ether oxygens (including phenoxy) is 3. The Morgan fingerprint density at radius 2 is 1.77 bits per heavy atom. The Balaban J connectivity index is 2.24. The van der Waals surface area contributed by atoms with Crippen molar-refractivity contribution in [2.24, 2.45) is 0 Å². The highest BCUT2D eigenvalue weighted by atomic mass is 127. The molecule has 0 bridgehead atoms. The van der Waals surface area contributed by atoms with E-state index in [-0.39, 0.29) is 38.6 Å². The van der Waals surface area contributed by atoms with E-state index < -0.39 is 24.2 Å². The Kier molecular flexibility index (Phi) is 17.8. The van der Waals surface area contributed by atoms with Crippen LogP contribution in [0.5, 0.6) is 11.5 Å². The second kappa shape index (κ2) is 20.7. The zero-order chi connectivity index (χ0) is 31.6. The van der Waals surface area contributed by atoms with Crippen LogP contribution in [0.4, 0.5) is 0 Å². The summed E-state index contributed by atoms with van der Waals surface area (Å²) < 4.78 is 17.6. The third kappa shape index (κ3) is 12.0. The first-order chi connectivity index (χ1) is 20.8. The maximum atomic E-state index is 13.6. The van der Waals surface area contributed by atoms with E-state index in [4.69, 9.17) is 14.2 Å². The standard InChI is InChI=1S/C32H49IN2O8/c1-4-5-6-7-8-9-10-11-12-13-29(38)35(15-17-41-2)26-20-24(32(40)34-14-16-36)21-27(30(26)39)43-31-25(33)18-23(22-37)19-28(31)42-3/h18-19,21-22,26-27,30,36,39H,4-17,20H2,1-3H3,(H,34,40). The van der Waals surface area contributed by atoms with Crippen LogP contribution < -0.4 is 14.8 Å². The molecule has 242 valence electrons. The lowest BCUT2D eigenvalue weighted by atomic mass is 9.88. The number of nitrogens with zero attached hydrogens (tertiary/aromatic N) is 1. The van der Waals surface area contributed by atoms with Crippen molar-refractivity contribution in [3.05, 3.63) is 32.9 Å². The van der Waals surface area contributed by atoms with E-state index in [1.165, 1.54) is 51.7 Å². The maximum Gasteiger partial charge on any atom is 0.247 e. The molecule has 0 radical (unpaired) electrons. The van der Waals surface area contributed by atoms with E-state index in [2.05, 4.69) is 12.2 Å². The van der Waals surface area contributed by atoms with Gasteiger partial charge in [-0.15, -0.1) is 0 Å². The summed E-state index contributed by atoms with van der Waals surface area (Å²) in [7, 11) is 3.01. The summed E-state index contributed by atoms with van der Waals surface area (Å²) in [5.74, 6) is 0.104. The Hall–Kier alpha value is -2.22. The van der Waals surface area contributed by atoms with E-state index in [1.807, 2.05) is 22.6 Å². The average molecular weight is 717 g/mol. The van der Waals surface area contributed by atoms with Crippen molar-refractivity contribution < 1.29 is 38.8 Å². The van der Waals surface area contributed by atoms with Crippen molar-refractivity contribution in [3.8, 4) is 11.5 Å². The molecule has 0 fully saturated rings. The summed E-state index contributed by atoms with van der Waals surface area (Å²) in [5.41, 5.74) is 0.744. The molecule has 0 spiro atoms. The van der Waals surface area contributed by atoms with Crippen LogP contribution in [0.3, 0.4) is 0 Å². The topological polar surface area (TPSA) is 135 Å². The van der Waals surface area contributed by atoms with Crippen molar-refractivity contribution in [1.29, 1.82) is 0 Å². The van der Waals surface area contributed by atoms with Crippen molar-refractivity contribution >= 4 is 40.7 Å². The van der Waals surface area contributed by atoms with E-state index in [1.54, 1.807) is 24.2 Å². The van der Waals surface area contributed by atoms with Gasteiger partial charge in [-0.25, -0.2) is 0 Å². The minimum atomic E-state index is -1.16. The quantitative estimate of drug-likeness (QED) is 0.0968. The van der Waals surface area contributed by atoms with Crippen molar-refractivity contribution in [1.82, 2.24) is 10.2 Å². The van der Waals surface area contributed by atoms with E-state index in [0.717, 1.165) is 19.3 Å². The summed E-state index contributed by atoms with van der Waals surface area (Å²) in [4.78, 5) is 39.6. The lowest BCUT2D eigenvalue weighted by Gasteiger charge is -2.40. The molecule has 11 heteroatoms. The molecular formula is C32H49IN2O8. The highest BCUT2D eigenvalue weighted by Crippen LogP contribution is 2.37. The van der Waals surface area contributed by atoms with Crippen LogP contribution in [-0.2, 0) is 14.3 Å². The van der Waals surface area contributed by atoms with Crippen LogP contribution in [0, 0.1) is 3.57 Å². The van der Waals surface area contributed by atoms with Gasteiger partial charge in [-0.2, -0.15) is 0 Å². The van der Waals surface area contributed by atoms with E-state index >= 15 is 0 Å². The zero-order valence-corrected chi connectivity index (χ0v) is 28.0. The van der Waals surface area contributed by atoms with Gasteiger partial charge in [0, 0.05) is 44.2 Å². The highest BCUT2D eigenvalue weighted by Gasteiger charge is 2.40. The predicted octanol–water partition coefficient (Wildman–Crippen LogP) is 4.42. The average Bonchev–Trinajstić information content (AvgIpc) is 3.01. The van der Waals surface area contributed by atoms with Gasteiger partial charge < -0.3 is 34.6 Å². The fraction of sp³-hybridized carbons (Fsp3) is 0.656. The van der Waals surface area contributed by atoms with Crippen LogP contribution in [-0.4, -0.2) is 92.0 Å². The van der Waals surface area contributed by atoms with Gasteiger partial charge in [0.1, 0.15) is 18.5 Å². The highest BCUT2D eigenvalue weighted by molar-refractivity contribution is 14.1. The molecule has 0 saturated carbocycles. The second-order valence-electron chi connectivity index (χ2n) is 10.8. The van der Waals surface area contributed by atoms with Crippen molar-refractivity contribution in [2.45, 2.75) is 95.8 Å². The fourth-order valence-corrected chi connectivity index (χ4v) is 5.99. The number of halogens is 1. The molecule has 1 aliphatic carbocycles. The van der Waals surface area contributed by atoms with Crippen LogP contribution in [0.1, 0.15) is 87.9 Å². The third-order valence-electron chi connectivity index (χ3n) is 7.61. The van der Waals surface area contributed by atoms with Gasteiger partial charge in [-0.1, -0.05) is 58.3 Å². The minimum absolute atomic E-state index is 0.0682. The molecule has 3 unspecified atom stereocenters. The van der Waals surface area contributed by atoms with Crippen molar-refractivity contribution in [2.75, 3.05) is 40.5 Å². The predicted molar refractivity (Wildman–Crippen MR) is 174 cm³/mol. The summed E-state index contributed by atoms with van der Waals surface area (Å²) >= 11 is 2.02. The number of methoxy groups -OCH3 is 2. The molecule has 0 aliphatic heterocycles. The number of hydrogen-bond acceptors (Lipinski definition) is 8. The number of aliphatic hydroxyl groups excluding tert-OH is 2. The number of rotatable bonds is 21. The van der Waals surface area contributed by atoms with Gasteiger partial charge in [-0.3, -0.25) is 14.4 Å². The van der Waals surface area contributed by atoms with E-state index in [9.17, 15) is 24.6 Å². The number of benzene rings is 1. The molecule has 1 aromatic rings. The van der Waals surface area contributed by atoms with Crippen LogP contribution in [0.2, 0.25) is 0 Å². The number of amides is 2. The molecule has 0 saturated heterocycles. The van der Waals surface area contributed by atoms with Gasteiger partial charge in [0.05, 0.1) is 29.9 Å². The summed E-state index contributed by atoms with van der Waals surface area (Å²) in [6, 6.07) is 2.43. The molecule has 2 rings (SSSR count). The summed E-state index contributed by atoms with van der Waals surface area (Å²) in [5, 5.41) is 23.5. The first kappa shape index (κ1) is 37.0. The smallest absolute Gasteiger partial charge is 0.247 e. The molecular weight excluding hydrogens is 667 g/mol. The van der Waals surface area contributed by atoms with Crippen molar-refractivity contribution in [3.63, 3.8) is 0 Å². The Morgan fingerprint density at radius 1 is 1.09 bits per heavy atom. The first-order valence-electron chi connectivity index (χ1n) is 15.4. The molecule has 1 aliphatic rings. The van der Waals surface area contributed by atoms with E-state index in [0.29, 0.717) is 38.9 Å². The molecule has 10 nitrogen and oxygen atoms in total. The normalized spacial score (nSPS) is 18.1. The van der Waals surface area contributed by atoms with Gasteiger partial charge in [0.15, 0.2) is 11.5 Å². The zero-order valence-electron chi connectivity index (χ0n) is 25.8. The second-order valence-corrected chi connectivity index (χ2v) is 12.0. The lowest BCUT2D eigenvalue weighted by molar-refractivity contribution is -0.139. The number of carbonyl (C=O) groups excluding carboxylic acids is 3. The van der Waals surface area contributed by atoms with Gasteiger partial charge >= 0.3 is 0 Å². The Bertz CT molecular complexity index is 1050. The molecule has 0 heterocycles. The molecule has 43 heavy (non-hydrogen) atoms. The van der Waals surface area contributed by atoms with Gasteiger partial charge in [0.25, 0.3) is 0 Å². The fourth-order valence-electron chi connectivity index (χ4n) is 5.23. The maximum absolute atomic E-state index is 13.6. The number of aldehydes is 1. The number of aliphatic hydroxyl groups is 2. The number of carbonyl (C=O) groups is 3. The number of nitrogens with one attached hydrogen (secondary N) is 1. The van der Waals surface area contributed by atoms with Gasteiger partial charge in [-0.05, 0) is 47.2 Å². The molecule has 2 amide bonds. The molecule has 3 atom stereocenters. The first-order valence-corrected chi connectivity index (χ1v) is 16.4. The van der Waals surface area contributed by atoms with Crippen LogP contribution in [0.15, 0.2) is 23.8 Å². The number of hydrogen-bond donors (Lipinski definition) is 3. The van der Waals surface area contributed by atoms with Crippen LogP contribution >= 0.6 is 22.6 Å². The molecule has 3 N–H and O–H groups in total. The van der Waals surface area contributed by atoms with Gasteiger partial charge in [0.2, 0.25) is 11.8 Å². The molecule has 1 aromatic carbocycles. The molecule has 0 aromatic heterocycles. The number of unbranched alkanes of at least 4 members (excludes halogenated alkanes) is 8. The SMILES string of the molecule is CCCCCCCCCCCC(=O)N(CCOC)C1CC(C(=O)NCCO)=CC(Oc2c(I)cc(C=O)cc2OC)C1O. The largest absolute Gasteiger partial charge is 0.493 e.